The summed E-state index contributed by atoms with van der Waals surface area (Å²) in [5.41, 5.74) is 7.11. The van der Waals surface area contributed by atoms with Gasteiger partial charge >= 0.3 is 0 Å². The second-order valence-corrected chi connectivity index (χ2v) is 9.89. The molecule has 0 radical (unpaired) electrons. The van der Waals surface area contributed by atoms with Crippen molar-refractivity contribution in [3.63, 3.8) is 0 Å². The highest BCUT2D eigenvalue weighted by Gasteiger charge is 2.31. The molecule has 2 fully saturated rings. The SMILES string of the molecule is C=CCCC(C)(C)C/C(C)=C(/C)c1cc(N2CCN3CCCC3C2)cnc1CC. The van der Waals surface area contributed by atoms with Crippen molar-refractivity contribution < 1.29 is 0 Å². The lowest BCUT2D eigenvalue weighted by Gasteiger charge is -2.39. The van der Waals surface area contributed by atoms with Crippen LogP contribution in [0, 0.1) is 5.41 Å². The number of hydrogen-bond acceptors (Lipinski definition) is 3. The fraction of sp³-hybridized carbons (Fsp3) is 0.654. The number of rotatable bonds is 8. The summed E-state index contributed by atoms with van der Waals surface area (Å²) in [4.78, 5) is 10.1. The number of aryl methyl sites for hydroxylation is 1. The van der Waals surface area contributed by atoms with E-state index in [4.69, 9.17) is 4.98 Å². The fourth-order valence-electron chi connectivity index (χ4n) is 5.15. The van der Waals surface area contributed by atoms with Crippen LogP contribution in [0.25, 0.3) is 5.57 Å². The van der Waals surface area contributed by atoms with Crippen LogP contribution < -0.4 is 4.90 Å². The molecule has 0 aliphatic carbocycles. The van der Waals surface area contributed by atoms with E-state index in [0.29, 0.717) is 5.41 Å². The van der Waals surface area contributed by atoms with E-state index in [0.717, 1.165) is 38.4 Å². The van der Waals surface area contributed by atoms with Gasteiger partial charge in [0.15, 0.2) is 0 Å². The van der Waals surface area contributed by atoms with Gasteiger partial charge in [-0.15, -0.1) is 6.58 Å². The third kappa shape index (κ3) is 5.31. The first kappa shape index (κ1) is 22.1. The molecular weight excluding hydrogens is 354 g/mol. The normalized spacial score (nSPS) is 21.1. The van der Waals surface area contributed by atoms with E-state index in [1.54, 1.807) is 0 Å². The van der Waals surface area contributed by atoms with Gasteiger partial charge in [0.25, 0.3) is 0 Å². The molecule has 2 aliphatic rings. The van der Waals surface area contributed by atoms with Crippen molar-refractivity contribution in [1.29, 1.82) is 0 Å². The molecule has 3 rings (SSSR count). The lowest BCUT2D eigenvalue weighted by Crippen LogP contribution is -2.50. The van der Waals surface area contributed by atoms with Crippen LogP contribution in [0.4, 0.5) is 5.69 Å². The van der Waals surface area contributed by atoms with Crippen LogP contribution in [0.3, 0.4) is 0 Å². The largest absolute Gasteiger partial charge is 0.367 e. The zero-order chi connectivity index (χ0) is 21.0. The van der Waals surface area contributed by atoms with Crippen molar-refractivity contribution in [1.82, 2.24) is 9.88 Å². The Morgan fingerprint density at radius 3 is 2.79 bits per heavy atom. The maximum absolute atomic E-state index is 4.90. The first-order valence-electron chi connectivity index (χ1n) is 11.6. The number of aromatic nitrogens is 1. The topological polar surface area (TPSA) is 19.4 Å². The van der Waals surface area contributed by atoms with E-state index in [1.165, 1.54) is 60.4 Å². The molecule has 0 bridgehead atoms. The summed E-state index contributed by atoms with van der Waals surface area (Å²) in [6.45, 7) is 20.3. The lowest BCUT2D eigenvalue weighted by atomic mass is 9.80. The number of hydrogen-bond donors (Lipinski definition) is 0. The predicted molar refractivity (Wildman–Crippen MR) is 127 cm³/mol. The Labute approximate surface area is 178 Å². The first-order valence-corrected chi connectivity index (χ1v) is 11.6. The summed E-state index contributed by atoms with van der Waals surface area (Å²) >= 11 is 0. The van der Waals surface area contributed by atoms with Crippen LogP contribution in [-0.4, -0.2) is 42.1 Å². The molecule has 0 amide bonds. The summed E-state index contributed by atoms with van der Waals surface area (Å²) in [7, 11) is 0. The maximum atomic E-state index is 4.90. The minimum absolute atomic E-state index is 0.301. The van der Waals surface area contributed by atoms with E-state index >= 15 is 0 Å². The summed E-state index contributed by atoms with van der Waals surface area (Å²) in [5, 5.41) is 0. The van der Waals surface area contributed by atoms with Gasteiger partial charge in [0.1, 0.15) is 0 Å². The summed E-state index contributed by atoms with van der Waals surface area (Å²) in [6.07, 6.45) is 11.2. The number of fused-ring (bicyclic) bond motifs is 1. The number of anilines is 1. The molecule has 160 valence electrons. The zero-order valence-electron chi connectivity index (χ0n) is 19.4. The molecule has 0 spiro atoms. The van der Waals surface area contributed by atoms with Gasteiger partial charge in [0.2, 0.25) is 0 Å². The molecule has 2 aliphatic heterocycles. The smallest absolute Gasteiger partial charge is 0.0560 e. The Morgan fingerprint density at radius 1 is 1.28 bits per heavy atom. The van der Waals surface area contributed by atoms with Crippen LogP contribution >= 0.6 is 0 Å². The van der Waals surface area contributed by atoms with Gasteiger partial charge in [-0.05, 0) is 76.0 Å². The number of nitrogens with zero attached hydrogens (tertiary/aromatic N) is 3. The van der Waals surface area contributed by atoms with E-state index in [-0.39, 0.29) is 0 Å². The van der Waals surface area contributed by atoms with Gasteiger partial charge < -0.3 is 4.90 Å². The molecule has 3 nitrogen and oxygen atoms in total. The second-order valence-electron chi connectivity index (χ2n) is 9.89. The zero-order valence-corrected chi connectivity index (χ0v) is 19.4. The van der Waals surface area contributed by atoms with Crippen molar-refractivity contribution in [3.05, 3.63) is 41.7 Å². The number of allylic oxidation sites excluding steroid dienone is 3. The molecule has 29 heavy (non-hydrogen) atoms. The molecule has 1 aromatic heterocycles. The van der Waals surface area contributed by atoms with Crippen LogP contribution in [0.2, 0.25) is 0 Å². The van der Waals surface area contributed by atoms with Crippen molar-refractivity contribution in [2.45, 2.75) is 79.2 Å². The van der Waals surface area contributed by atoms with Gasteiger partial charge in [-0.25, -0.2) is 0 Å². The minimum atomic E-state index is 0.301. The lowest BCUT2D eigenvalue weighted by molar-refractivity contribution is 0.231. The molecule has 1 unspecified atom stereocenters. The Kier molecular flexibility index (Phi) is 7.21. The van der Waals surface area contributed by atoms with Crippen molar-refractivity contribution in [2.24, 2.45) is 5.41 Å². The van der Waals surface area contributed by atoms with Crippen LogP contribution in [0.15, 0.2) is 30.5 Å². The van der Waals surface area contributed by atoms with Crippen molar-refractivity contribution in [3.8, 4) is 0 Å². The molecule has 3 heterocycles. The molecule has 0 saturated carbocycles. The number of piperazine rings is 1. The van der Waals surface area contributed by atoms with Crippen LogP contribution in [0.5, 0.6) is 0 Å². The summed E-state index contributed by atoms with van der Waals surface area (Å²) < 4.78 is 0. The number of pyridine rings is 1. The van der Waals surface area contributed by atoms with Gasteiger partial charge in [-0.1, -0.05) is 32.4 Å². The van der Waals surface area contributed by atoms with E-state index in [9.17, 15) is 0 Å². The average molecular weight is 396 g/mol. The second kappa shape index (κ2) is 9.47. The van der Waals surface area contributed by atoms with Crippen LogP contribution in [-0.2, 0) is 6.42 Å². The maximum Gasteiger partial charge on any atom is 0.0560 e. The summed E-state index contributed by atoms with van der Waals surface area (Å²) in [5.74, 6) is 0. The molecule has 2 saturated heterocycles. The molecule has 0 aromatic carbocycles. The molecule has 3 heteroatoms. The monoisotopic (exact) mass is 395 g/mol. The van der Waals surface area contributed by atoms with Crippen molar-refractivity contribution in [2.75, 3.05) is 31.1 Å². The Balaban J connectivity index is 1.83. The quantitative estimate of drug-likeness (QED) is 0.495. The van der Waals surface area contributed by atoms with Crippen LogP contribution in [0.1, 0.15) is 78.0 Å². The van der Waals surface area contributed by atoms with E-state index in [1.807, 2.05) is 6.08 Å². The predicted octanol–water partition coefficient (Wildman–Crippen LogP) is 6.10. The molecule has 0 N–H and O–H groups in total. The minimum Gasteiger partial charge on any atom is -0.367 e. The van der Waals surface area contributed by atoms with Gasteiger partial charge in [0.05, 0.1) is 11.9 Å². The average Bonchev–Trinajstić information content (AvgIpc) is 3.18. The third-order valence-corrected chi connectivity index (χ3v) is 7.06. The van der Waals surface area contributed by atoms with E-state index in [2.05, 4.69) is 63.3 Å². The highest BCUT2D eigenvalue weighted by atomic mass is 15.3. The fourth-order valence-corrected chi connectivity index (χ4v) is 5.15. The molecule has 1 atom stereocenters. The molecule has 1 aromatic rings. The Morgan fingerprint density at radius 2 is 2.07 bits per heavy atom. The Hall–Kier alpha value is -1.61. The van der Waals surface area contributed by atoms with E-state index < -0.39 is 0 Å². The highest BCUT2D eigenvalue weighted by molar-refractivity contribution is 5.71. The van der Waals surface area contributed by atoms with Gasteiger partial charge in [0, 0.05) is 36.9 Å². The third-order valence-electron chi connectivity index (χ3n) is 7.06. The molecular formula is C26H41N3. The summed E-state index contributed by atoms with van der Waals surface area (Å²) in [6, 6.07) is 3.16. The highest BCUT2D eigenvalue weighted by Crippen LogP contribution is 2.35. The van der Waals surface area contributed by atoms with Gasteiger partial charge in [-0.3, -0.25) is 9.88 Å². The Bertz CT molecular complexity index is 746. The first-order chi connectivity index (χ1) is 13.8. The van der Waals surface area contributed by atoms with Crippen molar-refractivity contribution >= 4 is 11.3 Å². The standard InChI is InChI=1S/C26H41N3/c1-7-9-12-26(5,6)17-20(3)21(4)24-16-23(18-27-25(24)8-2)29-15-14-28-13-10-11-22(28)19-29/h7,16,18,22H,1,8-15,17,19H2,2-6H3/b21-20-. The van der Waals surface area contributed by atoms with Gasteiger partial charge in [-0.2, -0.15) is 0 Å².